The molecule has 2 N–H and O–H groups in total. The molecule has 0 spiro atoms. The second-order valence-electron chi connectivity index (χ2n) is 5.22. The van der Waals surface area contributed by atoms with Gasteiger partial charge in [-0.3, -0.25) is 10.2 Å². The standard InChI is InChI=1S/C13H22N4O3/c1-9-6-12(16-20-9)15-13(18)14-4-5-17-7-10(2)19-11(3)8-17/h6,10-11H,4-5,7-8H2,1-3H3,(H2,14,15,16,18). The van der Waals surface area contributed by atoms with Gasteiger partial charge in [0.05, 0.1) is 12.2 Å². The minimum atomic E-state index is -0.271. The number of carbonyl (C=O) groups excluding carboxylic acids is 1. The van der Waals surface area contributed by atoms with Crippen LogP contribution in [0.25, 0.3) is 0 Å². The fourth-order valence-corrected chi connectivity index (χ4v) is 2.38. The number of carbonyl (C=O) groups is 1. The van der Waals surface area contributed by atoms with Crippen molar-refractivity contribution < 1.29 is 14.1 Å². The zero-order valence-electron chi connectivity index (χ0n) is 12.2. The van der Waals surface area contributed by atoms with Crippen LogP contribution >= 0.6 is 0 Å². The molecule has 7 heteroatoms. The summed E-state index contributed by atoms with van der Waals surface area (Å²) < 4.78 is 10.5. The molecule has 0 aliphatic carbocycles. The van der Waals surface area contributed by atoms with Crippen LogP contribution in [-0.4, -0.2) is 54.5 Å². The average molecular weight is 282 g/mol. The van der Waals surface area contributed by atoms with Crippen molar-refractivity contribution in [1.82, 2.24) is 15.4 Å². The number of hydrogen-bond donors (Lipinski definition) is 2. The van der Waals surface area contributed by atoms with Gasteiger partial charge in [0.25, 0.3) is 0 Å². The Hall–Kier alpha value is -1.60. The number of amides is 2. The summed E-state index contributed by atoms with van der Waals surface area (Å²) in [6.45, 7) is 9.10. The number of rotatable bonds is 4. The SMILES string of the molecule is Cc1cc(NC(=O)NCCN2CC(C)OC(C)C2)no1. The first-order valence-electron chi connectivity index (χ1n) is 6.89. The molecule has 1 aromatic rings. The second-order valence-corrected chi connectivity index (χ2v) is 5.22. The predicted molar refractivity (Wildman–Crippen MR) is 74.7 cm³/mol. The van der Waals surface area contributed by atoms with Crippen LogP contribution in [0.2, 0.25) is 0 Å². The number of nitrogens with one attached hydrogen (secondary N) is 2. The number of morpholine rings is 1. The summed E-state index contributed by atoms with van der Waals surface area (Å²) in [6.07, 6.45) is 0.483. The van der Waals surface area contributed by atoms with Gasteiger partial charge < -0.3 is 14.6 Å². The molecule has 112 valence electrons. The van der Waals surface area contributed by atoms with Crippen molar-refractivity contribution >= 4 is 11.8 Å². The van der Waals surface area contributed by atoms with E-state index in [1.54, 1.807) is 13.0 Å². The van der Waals surface area contributed by atoms with Gasteiger partial charge in [0.2, 0.25) is 0 Å². The summed E-state index contributed by atoms with van der Waals surface area (Å²) in [5, 5.41) is 9.12. The van der Waals surface area contributed by atoms with Gasteiger partial charge in [-0.15, -0.1) is 0 Å². The Bertz CT molecular complexity index is 439. The van der Waals surface area contributed by atoms with Crippen LogP contribution in [0, 0.1) is 6.92 Å². The second kappa shape index (κ2) is 6.71. The van der Waals surface area contributed by atoms with Crippen LogP contribution in [0.5, 0.6) is 0 Å². The van der Waals surface area contributed by atoms with E-state index < -0.39 is 0 Å². The van der Waals surface area contributed by atoms with Crippen molar-refractivity contribution in [2.45, 2.75) is 33.0 Å². The van der Waals surface area contributed by atoms with Crippen molar-refractivity contribution in [3.8, 4) is 0 Å². The summed E-state index contributed by atoms with van der Waals surface area (Å²) in [5.41, 5.74) is 0. The Labute approximate surface area is 118 Å². The van der Waals surface area contributed by atoms with Crippen LogP contribution in [0.4, 0.5) is 10.6 Å². The summed E-state index contributed by atoms with van der Waals surface area (Å²) in [4.78, 5) is 13.9. The van der Waals surface area contributed by atoms with Crippen molar-refractivity contribution in [1.29, 1.82) is 0 Å². The lowest BCUT2D eigenvalue weighted by Gasteiger charge is -2.35. The topological polar surface area (TPSA) is 79.6 Å². The molecular weight excluding hydrogens is 260 g/mol. The predicted octanol–water partition coefficient (Wildman–Crippen LogP) is 1.21. The third kappa shape index (κ3) is 4.50. The number of aromatic nitrogens is 1. The molecule has 0 saturated carbocycles. The summed E-state index contributed by atoms with van der Waals surface area (Å²) in [6, 6.07) is 1.40. The molecule has 1 saturated heterocycles. The fourth-order valence-electron chi connectivity index (χ4n) is 2.38. The van der Waals surface area contributed by atoms with E-state index in [1.807, 2.05) is 0 Å². The van der Waals surface area contributed by atoms with Gasteiger partial charge in [-0.1, -0.05) is 5.16 Å². The van der Waals surface area contributed by atoms with Gasteiger partial charge in [0.1, 0.15) is 5.76 Å². The summed E-state index contributed by atoms with van der Waals surface area (Å²) >= 11 is 0. The molecule has 1 aliphatic heterocycles. The molecule has 2 amide bonds. The highest BCUT2D eigenvalue weighted by Crippen LogP contribution is 2.09. The van der Waals surface area contributed by atoms with E-state index in [0.29, 0.717) is 18.1 Å². The first-order valence-corrected chi connectivity index (χ1v) is 6.89. The molecular formula is C13H22N4O3. The first kappa shape index (κ1) is 14.8. The van der Waals surface area contributed by atoms with Crippen LogP contribution in [0.3, 0.4) is 0 Å². The van der Waals surface area contributed by atoms with Crippen molar-refractivity contribution in [2.24, 2.45) is 0 Å². The van der Waals surface area contributed by atoms with Gasteiger partial charge in [0, 0.05) is 32.2 Å². The highest BCUT2D eigenvalue weighted by Gasteiger charge is 2.21. The maximum atomic E-state index is 11.6. The highest BCUT2D eigenvalue weighted by molar-refractivity contribution is 5.88. The van der Waals surface area contributed by atoms with E-state index in [-0.39, 0.29) is 18.2 Å². The molecule has 2 atom stereocenters. The number of hydrogen-bond acceptors (Lipinski definition) is 5. The molecule has 1 aromatic heterocycles. The highest BCUT2D eigenvalue weighted by atomic mass is 16.5. The monoisotopic (exact) mass is 282 g/mol. The van der Waals surface area contributed by atoms with Gasteiger partial charge in [-0.25, -0.2) is 4.79 Å². The number of ether oxygens (including phenoxy) is 1. The molecule has 1 fully saturated rings. The number of urea groups is 1. The molecule has 0 aromatic carbocycles. The largest absolute Gasteiger partial charge is 0.373 e. The maximum Gasteiger partial charge on any atom is 0.320 e. The van der Waals surface area contributed by atoms with Crippen LogP contribution < -0.4 is 10.6 Å². The van der Waals surface area contributed by atoms with Crippen molar-refractivity contribution in [3.63, 3.8) is 0 Å². The molecule has 20 heavy (non-hydrogen) atoms. The third-order valence-electron chi connectivity index (χ3n) is 3.08. The first-order chi connectivity index (χ1) is 9.52. The smallest absolute Gasteiger partial charge is 0.320 e. The van der Waals surface area contributed by atoms with E-state index >= 15 is 0 Å². The Kier molecular flexibility index (Phi) is 4.97. The third-order valence-corrected chi connectivity index (χ3v) is 3.08. The van der Waals surface area contributed by atoms with E-state index in [1.165, 1.54) is 0 Å². The lowest BCUT2D eigenvalue weighted by molar-refractivity contribution is -0.0672. The minimum Gasteiger partial charge on any atom is -0.373 e. The molecule has 7 nitrogen and oxygen atoms in total. The van der Waals surface area contributed by atoms with Crippen molar-refractivity contribution in [3.05, 3.63) is 11.8 Å². The molecule has 2 unspecified atom stereocenters. The van der Waals surface area contributed by atoms with Crippen LogP contribution in [0.1, 0.15) is 19.6 Å². The number of nitrogens with zero attached hydrogens (tertiary/aromatic N) is 2. The molecule has 0 bridgehead atoms. The van der Waals surface area contributed by atoms with E-state index in [4.69, 9.17) is 9.26 Å². The Morgan fingerprint density at radius 3 is 2.75 bits per heavy atom. The summed E-state index contributed by atoms with van der Waals surface area (Å²) in [5.74, 6) is 1.09. The number of anilines is 1. The van der Waals surface area contributed by atoms with Gasteiger partial charge in [-0.05, 0) is 20.8 Å². The zero-order chi connectivity index (χ0) is 14.5. The van der Waals surface area contributed by atoms with Gasteiger partial charge in [-0.2, -0.15) is 0 Å². The van der Waals surface area contributed by atoms with Gasteiger partial charge >= 0.3 is 6.03 Å². The normalized spacial score (nSPS) is 23.6. The van der Waals surface area contributed by atoms with Gasteiger partial charge in [0.15, 0.2) is 5.82 Å². The van der Waals surface area contributed by atoms with E-state index in [9.17, 15) is 4.79 Å². The van der Waals surface area contributed by atoms with E-state index in [0.717, 1.165) is 19.6 Å². The van der Waals surface area contributed by atoms with Crippen molar-refractivity contribution in [2.75, 3.05) is 31.5 Å². The molecule has 2 rings (SSSR count). The Balaban J connectivity index is 1.66. The molecule has 0 radical (unpaired) electrons. The summed E-state index contributed by atoms with van der Waals surface area (Å²) in [7, 11) is 0. The molecule has 2 heterocycles. The lowest BCUT2D eigenvalue weighted by atomic mass is 10.2. The molecule has 1 aliphatic rings. The maximum absolute atomic E-state index is 11.6. The van der Waals surface area contributed by atoms with E-state index in [2.05, 4.69) is 34.5 Å². The van der Waals surface area contributed by atoms with Crippen LogP contribution in [0.15, 0.2) is 10.6 Å². The zero-order valence-corrected chi connectivity index (χ0v) is 12.2. The fraction of sp³-hybridized carbons (Fsp3) is 0.692. The minimum absolute atomic E-state index is 0.241. The van der Waals surface area contributed by atoms with Crippen LogP contribution in [-0.2, 0) is 4.74 Å². The Morgan fingerprint density at radius 2 is 2.15 bits per heavy atom. The average Bonchev–Trinajstić information content (AvgIpc) is 2.73. The quantitative estimate of drug-likeness (QED) is 0.868. The Morgan fingerprint density at radius 1 is 1.45 bits per heavy atom. The number of aryl methyl sites for hydroxylation is 1. The lowest BCUT2D eigenvalue weighted by Crippen LogP contribution is -2.48.